The molecule has 2 saturated heterocycles. The van der Waals surface area contributed by atoms with Gasteiger partial charge in [0, 0.05) is 38.9 Å². The first kappa shape index (κ1) is 22.1. The summed E-state index contributed by atoms with van der Waals surface area (Å²) in [5.74, 6) is 1.45. The number of nitriles is 1. The average molecular weight is 461 g/mol. The zero-order valence-electron chi connectivity index (χ0n) is 19.4. The Balaban J connectivity index is 1.29. The van der Waals surface area contributed by atoms with Gasteiger partial charge in [-0.3, -0.25) is 9.59 Å². The largest absolute Gasteiger partial charge is 0.354 e. The van der Waals surface area contributed by atoms with E-state index in [1.54, 1.807) is 19.4 Å². The predicted molar refractivity (Wildman–Crippen MR) is 125 cm³/mol. The van der Waals surface area contributed by atoms with Crippen LogP contribution >= 0.6 is 0 Å². The molecule has 2 aromatic rings. The number of hydrogen-bond acceptors (Lipinski definition) is 8. The number of fused-ring (bicyclic) bond motifs is 2. The molecule has 2 N–H and O–H groups in total. The lowest BCUT2D eigenvalue weighted by molar-refractivity contribution is -0.133. The van der Waals surface area contributed by atoms with Crippen LogP contribution < -0.4 is 15.5 Å². The second-order valence-electron chi connectivity index (χ2n) is 9.39. The van der Waals surface area contributed by atoms with Crippen LogP contribution in [0.4, 0.5) is 17.5 Å². The van der Waals surface area contributed by atoms with Gasteiger partial charge in [-0.15, -0.1) is 0 Å². The lowest BCUT2D eigenvalue weighted by Crippen LogP contribution is -2.45. The molecule has 1 saturated carbocycles. The summed E-state index contributed by atoms with van der Waals surface area (Å²) < 4.78 is 0. The fraction of sp³-hybridized carbons (Fsp3) is 0.500. The van der Waals surface area contributed by atoms with Gasteiger partial charge in [-0.05, 0) is 49.8 Å². The highest BCUT2D eigenvalue weighted by atomic mass is 16.2. The summed E-state index contributed by atoms with van der Waals surface area (Å²) >= 11 is 0. The summed E-state index contributed by atoms with van der Waals surface area (Å²) in [5.41, 5.74) is 1.84. The number of rotatable bonds is 5. The highest BCUT2D eigenvalue weighted by molar-refractivity contribution is 5.93. The molecule has 0 radical (unpaired) electrons. The van der Waals surface area contributed by atoms with Crippen molar-refractivity contribution >= 4 is 29.3 Å². The van der Waals surface area contributed by atoms with Crippen molar-refractivity contribution in [2.24, 2.45) is 17.8 Å². The Morgan fingerprint density at radius 3 is 2.82 bits per heavy atom. The number of likely N-dealkylation sites (tertiary alicyclic amines) is 1. The molecule has 3 aliphatic rings. The maximum Gasteiger partial charge on any atom is 0.269 e. The Kier molecular flexibility index (Phi) is 5.77. The Morgan fingerprint density at radius 2 is 2.09 bits per heavy atom. The van der Waals surface area contributed by atoms with Gasteiger partial charge in [0.15, 0.2) is 0 Å². The molecule has 2 bridgehead atoms. The van der Waals surface area contributed by atoms with Crippen LogP contribution in [0.3, 0.4) is 0 Å². The number of carbonyl (C=O) groups excluding carboxylic acids is 2. The highest BCUT2D eigenvalue weighted by Gasteiger charge is 2.49. The maximum absolute atomic E-state index is 12.9. The van der Waals surface area contributed by atoms with E-state index in [-0.39, 0.29) is 29.7 Å². The van der Waals surface area contributed by atoms with Gasteiger partial charge < -0.3 is 20.4 Å². The standard InChI is InChI=1S/C24H28N8O2/c1-14-7-17(11-28-21(14)22(33)26-2)29-24-27-5-3-20(30-24)31-6-4-15-8-18(13-31)32(12-15)23(34)19-9-16(19)10-25/h3,5,7,11,15-16,18-19H,4,6,8-9,12-13H2,1-2H3,(H,26,33)(H,27,29,30)/t15?,16-,18+,19+/m0/s1. The van der Waals surface area contributed by atoms with Gasteiger partial charge in [0.05, 0.1) is 29.8 Å². The van der Waals surface area contributed by atoms with Gasteiger partial charge in [0.25, 0.3) is 5.91 Å². The SMILES string of the molecule is CNC(=O)c1ncc(Nc2nccc(N3CCC4C[C@H](C3)N(C(=O)[C@@H]3C[C@H]3C#N)C4)n2)cc1C. The van der Waals surface area contributed by atoms with Crippen molar-refractivity contribution in [1.29, 1.82) is 5.26 Å². The van der Waals surface area contributed by atoms with Gasteiger partial charge in [-0.2, -0.15) is 10.2 Å². The normalized spacial score (nSPS) is 25.3. The molecule has 10 heteroatoms. The molecule has 4 atom stereocenters. The molecule has 3 fully saturated rings. The van der Waals surface area contributed by atoms with Crippen molar-refractivity contribution in [3.05, 3.63) is 35.8 Å². The number of amides is 2. The minimum absolute atomic E-state index is 0.106. The quantitative estimate of drug-likeness (QED) is 0.692. The molecule has 34 heavy (non-hydrogen) atoms. The van der Waals surface area contributed by atoms with E-state index in [9.17, 15) is 9.59 Å². The fourth-order valence-corrected chi connectivity index (χ4v) is 5.10. The van der Waals surface area contributed by atoms with Crippen LogP contribution in [-0.2, 0) is 4.79 Å². The first-order valence-corrected chi connectivity index (χ1v) is 11.7. The summed E-state index contributed by atoms with van der Waals surface area (Å²) in [6, 6.07) is 6.12. The van der Waals surface area contributed by atoms with E-state index in [0.717, 1.165) is 43.9 Å². The molecule has 0 aromatic carbocycles. The topological polar surface area (TPSA) is 127 Å². The minimum Gasteiger partial charge on any atom is -0.354 e. The second kappa shape index (κ2) is 8.89. The third-order valence-electron chi connectivity index (χ3n) is 7.04. The van der Waals surface area contributed by atoms with Crippen molar-refractivity contribution in [3.8, 4) is 6.07 Å². The second-order valence-corrected chi connectivity index (χ2v) is 9.39. The number of aryl methyl sites for hydroxylation is 1. The fourth-order valence-electron chi connectivity index (χ4n) is 5.10. The van der Waals surface area contributed by atoms with Crippen molar-refractivity contribution in [1.82, 2.24) is 25.2 Å². The first-order valence-electron chi connectivity index (χ1n) is 11.7. The number of nitrogens with zero attached hydrogens (tertiary/aromatic N) is 6. The molecular formula is C24H28N8O2. The summed E-state index contributed by atoms with van der Waals surface area (Å²) in [7, 11) is 1.58. The van der Waals surface area contributed by atoms with E-state index in [4.69, 9.17) is 10.2 Å². The maximum atomic E-state index is 12.9. The number of carbonyl (C=O) groups is 2. The zero-order chi connectivity index (χ0) is 23.8. The molecule has 2 aliphatic heterocycles. The van der Waals surface area contributed by atoms with E-state index >= 15 is 0 Å². The van der Waals surface area contributed by atoms with Crippen LogP contribution in [0, 0.1) is 36.0 Å². The van der Waals surface area contributed by atoms with Gasteiger partial charge in [-0.25, -0.2) is 9.97 Å². The van der Waals surface area contributed by atoms with Crippen LogP contribution in [0.1, 0.15) is 35.3 Å². The van der Waals surface area contributed by atoms with Gasteiger partial charge in [-0.1, -0.05) is 0 Å². The Hall–Kier alpha value is -3.74. The van der Waals surface area contributed by atoms with Crippen molar-refractivity contribution in [2.75, 3.05) is 36.9 Å². The van der Waals surface area contributed by atoms with Crippen LogP contribution in [0.5, 0.6) is 0 Å². The van der Waals surface area contributed by atoms with Crippen LogP contribution in [-0.4, -0.2) is 64.4 Å². The summed E-state index contributed by atoms with van der Waals surface area (Å²) in [6.07, 6.45) is 6.02. The number of hydrogen-bond donors (Lipinski definition) is 2. The third kappa shape index (κ3) is 4.25. The third-order valence-corrected chi connectivity index (χ3v) is 7.04. The zero-order valence-corrected chi connectivity index (χ0v) is 19.4. The lowest BCUT2D eigenvalue weighted by Gasteiger charge is -2.32. The molecule has 0 spiro atoms. The average Bonchev–Trinajstić information content (AvgIpc) is 3.56. The van der Waals surface area contributed by atoms with E-state index in [1.807, 2.05) is 24.0 Å². The number of anilines is 3. The van der Waals surface area contributed by atoms with Gasteiger partial charge in [0.1, 0.15) is 11.5 Å². The van der Waals surface area contributed by atoms with Crippen LogP contribution in [0.25, 0.3) is 0 Å². The molecule has 5 rings (SSSR count). The van der Waals surface area contributed by atoms with E-state index in [0.29, 0.717) is 29.7 Å². The Morgan fingerprint density at radius 1 is 1.24 bits per heavy atom. The summed E-state index contributed by atoms with van der Waals surface area (Å²) in [4.78, 5) is 42.4. The van der Waals surface area contributed by atoms with E-state index < -0.39 is 0 Å². The molecule has 1 unspecified atom stereocenters. The van der Waals surface area contributed by atoms with Crippen LogP contribution in [0.15, 0.2) is 24.5 Å². The number of aromatic nitrogens is 3. The van der Waals surface area contributed by atoms with Gasteiger partial charge in [0.2, 0.25) is 11.9 Å². The summed E-state index contributed by atoms with van der Waals surface area (Å²) in [6.45, 7) is 4.25. The molecular weight excluding hydrogens is 432 g/mol. The predicted octanol–water partition coefficient (Wildman–Crippen LogP) is 1.87. The van der Waals surface area contributed by atoms with Gasteiger partial charge >= 0.3 is 0 Å². The van der Waals surface area contributed by atoms with Crippen LogP contribution in [0.2, 0.25) is 0 Å². The molecule has 1 aliphatic carbocycles. The Labute approximate surface area is 198 Å². The molecule has 2 amide bonds. The van der Waals surface area contributed by atoms with Crippen molar-refractivity contribution in [3.63, 3.8) is 0 Å². The first-order chi connectivity index (χ1) is 16.5. The minimum atomic E-state index is -0.227. The Bertz CT molecular complexity index is 1160. The van der Waals surface area contributed by atoms with E-state index in [1.165, 1.54) is 0 Å². The van der Waals surface area contributed by atoms with E-state index in [2.05, 4.69) is 31.6 Å². The number of nitrogens with one attached hydrogen (secondary N) is 2. The van der Waals surface area contributed by atoms with Crippen molar-refractivity contribution < 1.29 is 9.59 Å². The smallest absolute Gasteiger partial charge is 0.269 e. The molecule has 2 aromatic heterocycles. The number of pyridine rings is 1. The monoisotopic (exact) mass is 460 g/mol. The van der Waals surface area contributed by atoms with Crippen molar-refractivity contribution in [2.45, 2.75) is 32.2 Å². The lowest BCUT2D eigenvalue weighted by atomic mass is 10.0. The summed E-state index contributed by atoms with van der Waals surface area (Å²) in [5, 5.41) is 14.9. The highest BCUT2D eigenvalue weighted by Crippen LogP contribution is 2.42. The molecule has 10 nitrogen and oxygen atoms in total. The molecule has 4 heterocycles. The molecule has 176 valence electrons.